The molecule has 0 spiro atoms. The monoisotopic (exact) mass is 582 g/mol. The van der Waals surface area contributed by atoms with Gasteiger partial charge in [0.05, 0.1) is 24.2 Å². The predicted octanol–water partition coefficient (Wildman–Crippen LogP) is 9.87. The molecule has 0 aromatic carbocycles. The van der Waals surface area contributed by atoms with Gasteiger partial charge < -0.3 is 21.1 Å². The van der Waals surface area contributed by atoms with Gasteiger partial charge in [0, 0.05) is 0 Å². The van der Waals surface area contributed by atoms with Crippen LogP contribution >= 0.6 is 0 Å². The molecular weight excluding hydrogens is 510 g/mol. The average molecular weight is 582 g/mol. The minimum absolute atomic E-state index is 0.400. The Morgan fingerprint density at radius 2 is 0.927 bits per heavy atom. The third-order valence-electron chi connectivity index (χ3n) is 8.69. The molecule has 0 aromatic heterocycles. The van der Waals surface area contributed by atoms with Gasteiger partial charge in [-0.05, 0) is 19.3 Å². The van der Waals surface area contributed by atoms with Crippen LogP contribution in [0.1, 0.15) is 187 Å². The number of aliphatic hydroxyl groups is 2. The van der Waals surface area contributed by atoms with Gasteiger partial charge in [0.15, 0.2) is 0 Å². The van der Waals surface area contributed by atoms with Crippen molar-refractivity contribution in [1.29, 1.82) is 0 Å². The topological polar surface area (TPSA) is 104 Å². The minimum atomic E-state index is -1.25. The molecule has 41 heavy (non-hydrogen) atoms. The molecular formula is C36H71NO4. The summed E-state index contributed by atoms with van der Waals surface area (Å²) in [6.45, 7) is 4.51. The largest absolute Gasteiger partial charge is 0.481 e. The van der Waals surface area contributed by atoms with Crippen molar-refractivity contribution in [2.75, 3.05) is 0 Å². The van der Waals surface area contributed by atoms with Crippen LogP contribution in [0.4, 0.5) is 0 Å². The van der Waals surface area contributed by atoms with E-state index in [1.807, 2.05) is 6.08 Å². The number of unbranched alkanes of at least 4 members (excludes halogenated alkanes) is 24. The van der Waals surface area contributed by atoms with Crippen molar-refractivity contribution in [3.05, 3.63) is 12.2 Å². The van der Waals surface area contributed by atoms with Crippen LogP contribution in [-0.4, -0.2) is 39.5 Å². The Balaban J connectivity index is 3.90. The molecule has 244 valence electrons. The molecule has 4 atom stereocenters. The van der Waals surface area contributed by atoms with Gasteiger partial charge in [0.25, 0.3) is 0 Å². The highest BCUT2D eigenvalue weighted by molar-refractivity contribution is 5.70. The summed E-state index contributed by atoms with van der Waals surface area (Å²) in [5.41, 5.74) is 6.08. The number of rotatable bonds is 32. The van der Waals surface area contributed by atoms with E-state index in [1.54, 1.807) is 6.08 Å². The highest BCUT2D eigenvalue weighted by Gasteiger charge is 2.33. The Kier molecular flexibility index (Phi) is 29.9. The van der Waals surface area contributed by atoms with E-state index in [1.165, 1.54) is 135 Å². The fraction of sp³-hybridized carbons (Fsp3) is 0.917. The Morgan fingerprint density at radius 1 is 0.585 bits per heavy atom. The smallest absolute Gasteiger partial charge is 0.309 e. The molecule has 0 aromatic rings. The van der Waals surface area contributed by atoms with Crippen molar-refractivity contribution >= 4 is 5.97 Å². The van der Waals surface area contributed by atoms with Crippen molar-refractivity contribution in [3.63, 3.8) is 0 Å². The molecule has 0 heterocycles. The third-order valence-corrected chi connectivity index (χ3v) is 8.69. The lowest BCUT2D eigenvalue weighted by atomic mass is 9.88. The molecule has 0 fully saturated rings. The highest BCUT2D eigenvalue weighted by atomic mass is 16.4. The van der Waals surface area contributed by atoms with Gasteiger partial charge in [-0.2, -0.15) is 0 Å². The number of carbonyl (C=O) groups is 1. The maximum Gasteiger partial charge on any atom is 0.309 e. The average Bonchev–Trinajstić information content (AvgIpc) is 2.96. The zero-order valence-electron chi connectivity index (χ0n) is 27.4. The van der Waals surface area contributed by atoms with Crippen LogP contribution in [0, 0.1) is 5.92 Å². The van der Waals surface area contributed by atoms with Crippen LogP contribution in [0.3, 0.4) is 0 Å². The van der Waals surface area contributed by atoms with Gasteiger partial charge in [0.2, 0.25) is 0 Å². The van der Waals surface area contributed by atoms with Crippen LogP contribution < -0.4 is 5.73 Å². The fourth-order valence-electron chi connectivity index (χ4n) is 5.76. The summed E-state index contributed by atoms with van der Waals surface area (Å²) in [6.07, 6.45) is 34.3. The van der Waals surface area contributed by atoms with E-state index in [2.05, 4.69) is 13.8 Å². The summed E-state index contributed by atoms with van der Waals surface area (Å²) in [7, 11) is 0. The molecule has 5 heteroatoms. The molecule has 0 saturated heterocycles. The summed E-state index contributed by atoms with van der Waals surface area (Å²) >= 11 is 0. The molecule has 0 rings (SSSR count). The molecule has 0 bridgehead atoms. The van der Waals surface area contributed by atoms with Crippen molar-refractivity contribution in [1.82, 2.24) is 0 Å². The zero-order valence-corrected chi connectivity index (χ0v) is 27.4. The Bertz CT molecular complexity index is 582. The van der Waals surface area contributed by atoms with Gasteiger partial charge in [0.1, 0.15) is 0 Å². The molecule has 0 saturated carbocycles. The second kappa shape index (κ2) is 30.5. The summed E-state index contributed by atoms with van der Waals surface area (Å²) in [5, 5.41) is 30.7. The molecule has 5 N–H and O–H groups in total. The molecule has 0 radical (unpaired) electrons. The number of hydrogen-bond acceptors (Lipinski definition) is 4. The van der Waals surface area contributed by atoms with Crippen LogP contribution in [0.15, 0.2) is 12.2 Å². The molecule has 2 unspecified atom stereocenters. The number of aliphatic carboxylic acids is 1. The highest BCUT2D eigenvalue weighted by Crippen LogP contribution is 2.20. The van der Waals surface area contributed by atoms with Gasteiger partial charge in [-0.15, -0.1) is 0 Å². The lowest BCUT2D eigenvalue weighted by Gasteiger charge is -2.27. The standard InChI is InChI=1S/C36H71NO4/c1-3-5-7-9-11-13-15-17-19-20-22-24-26-28-30-32(36(40)41)35(39)34(37)33(38)31-29-27-25-23-21-18-16-14-12-10-8-6-4-2/h29,31-35,38-39H,3-28,30,37H2,1-2H3,(H,40,41)/b31-29+/t32?,33-,34-,35?/m1/s1. The normalized spacial score (nSPS) is 14.9. The van der Waals surface area contributed by atoms with Crippen LogP contribution in [-0.2, 0) is 4.79 Å². The minimum Gasteiger partial charge on any atom is -0.481 e. The van der Waals surface area contributed by atoms with Crippen molar-refractivity contribution in [2.24, 2.45) is 11.7 Å². The number of allylic oxidation sites excluding steroid dienone is 1. The number of hydrogen-bond donors (Lipinski definition) is 4. The summed E-state index contributed by atoms with van der Waals surface area (Å²) in [4.78, 5) is 11.8. The SMILES string of the molecule is CCCCCCCCCCCCC/C=C/[C@@H](O)[C@@H](N)C(O)C(CCCCCCCCCCCCCCCC)C(=O)O. The van der Waals surface area contributed by atoms with Crippen molar-refractivity contribution in [3.8, 4) is 0 Å². The van der Waals surface area contributed by atoms with Gasteiger partial charge in [-0.3, -0.25) is 4.79 Å². The Labute approximate surface area is 255 Å². The van der Waals surface area contributed by atoms with E-state index in [9.17, 15) is 20.1 Å². The third kappa shape index (κ3) is 25.3. The predicted molar refractivity (Wildman–Crippen MR) is 176 cm³/mol. The number of carboxylic acids is 1. The van der Waals surface area contributed by atoms with Gasteiger partial charge >= 0.3 is 5.97 Å². The van der Waals surface area contributed by atoms with E-state index in [0.717, 1.165) is 32.1 Å². The Morgan fingerprint density at radius 3 is 1.29 bits per heavy atom. The maximum absolute atomic E-state index is 11.8. The van der Waals surface area contributed by atoms with E-state index >= 15 is 0 Å². The first-order valence-corrected chi connectivity index (χ1v) is 18.0. The first-order chi connectivity index (χ1) is 20.0. The number of nitrogens with two attached hydrogens (primary N) is 1. The second-order valence-electron chi connectivity index (χ2n) is 12.6. The van der Waals surface area contributed by atoms with E-state index in [0.29, 0.717) is 6.42 Å². The maximum atomic E-state index is 11.8. The van der Waals surface area contributed by atoms with E-state index in [-0.39, 0.29) is 0 Å². The quantitative estimate of drug-likeness (QED) is 0.0467. The van der Waals surface area contributed by atoms with Crippen molar-refractivity contribution in [2.45, 2.75) is 205 Å². The molecule has 5 nitrogen and oxygen atoms in total. The molecule has 0 aliphatic rings. The van der Waals surface area contributed by atoms with Crippen LogP contribution in [0.2, 0.25) is 0 Å². The molecule has 0 amide bonds. The lowest BCUT2D eigenvalue weighted by molar-refractivity contribution is -0.147. The fourth-order valence-corrected chi connectivity index (χ4v) is 5.76. The summed E-state index contributed by atoms with van der Waals surface area (Å²) in [6, 6.07) is -0.990. The van der Waals surface area contributed by atoms with E-state index in [4.69, 9.17) is 5.73 Å². The van der Waals surface area contributed by atoms with Crippen LogP contribution in [0.5, 0.6) is 0 Å². The molecule has 0 aliphatic heterocycles. The number of aliphatic hydroxyl groups excluding tert-OH is 2. The van der Waals surface area contributed by atoms with Gasteiger partial charge in [-0.25, -0.2) is 0 Å². The molecule has 0 aliphatic carbocycles. The lowest BCUT2D eigenvalue weighted by Crippen LogP contribution is -2.49. The summed E-state index contributed by atoms with van der Waals surface area (Å²) < 4.78 is 0. The second-order valence-corrected chi connectivity index (χ2v) is 12.6. The first-order valence-electron chi connectivity index (χ1n) is 18.0. The van der Waals surface area contributed by atoms with Gasteiger partial charge in [-0.1, -0.05) is 180 Å². The summed E-state index contributed by atoms with van der Waals surface area (Å²) in [5.74, 6) is -1.96. The first kappa shape index (κ1) is 40.1. The zero-order chi connectivity index (χ0) is 30.4. The van der Waals surface area contributed by atoms with Crippen molar-refractivity contribution < 1.29 is 20.1 Å². The number of carboxylic acid groups (broad SMARTS) is 1. The van der Waals surface area contributed by atoms with E-state index < -0.39 is 30.1 Å². The Hall–Kier alpha value is -0.910. The van der Waals surface area contributed by atoms with Crippen LogP contribution in [0.25, 0.3) is 0 Å².